The highest BCUT2D eigenvalue weighted by Crippen LogP contribution is 2.23. The summed E-state index contributed by atoms with van der Waals surface area (Å²) >= 11 is 7.50. The van der Waals surface area contributed by atoms with E-state index in [9.17, 15) is 8.78 Å². The Morgan fingerprint density at radius 2 is 2.18 bits per heavy atom. The van der Waals surface area contributed by atoms with Crippen LogP contribution in [-0.4, -0.2) is 4.98 Å². The van der Waals surface area contributed by atoms with E-state index < -0.39 is 6.43 Å². The normalized spacial score (nSPS) is 10.6. The highest BCUT2D eigenvalue weighted by Gasteiger charge is 2.09. The number of hydrogen-bond acceptors (Lipinski definition) is 1. The predicted molar refractivity (Wildman–Crippen MR) is 46.9 cm³/mol. The van der Waals surface area contributed by atoms with E-state index in [2.05, 4.69) is 4.98 Å². The van der Waals surface area contributed by atoms with Gasteiger partial charge in [0, 0.05) is 9.77 Å². The highest BCUT2D eigenvalue weighted by atomic mass is 127. The van der Waals surface area contributed by atoms with Crippen molar-refractivity contribution in [3.8, 4) is 0 Å². The lowest BCUT2D eigenvalue weighted by molar-refractivity contribution is 0.146. The Hall–Kier alpha value is 0.0300. The molecule has 11 heavy (non-hydrogen) atoms. The van der Waals surface area contributed by atoms with Crippen molar-refractivity contribution in [1.82, 2.24) is 4.98 Å². The molecule has 0 amide bonds. The van der Waals surface area contributed by atoms with Gasteiger partial charge in [0.2, 0.25) is 0 Å². The minimum atomic E-state index is -2.55. The molecule has 0 unspecified atom stereocenters. The molecule has 0 aliphatic heterocycles. The second-order valence-corrected chi connectivity index (χ2v) is 3.39. The third kappa shape index (κ3) is 2.23. The van der Waals surface area contributed by atoms with Gasteiger partial charge >= 0.3 is 0 Å². The molecule has 0 saturated heterocycles. The number of pyridine rings is 1. The van der Waals surface area contributed by atoms with Crippen molar-refractivity contribution >= 4 is 34.2 Å². The van der Waals surface area contributed by atoms with Gasteiger partial charge in [-0.3, -0.25) is 4.98 Å². The summed E-state index contributed by atoms with van der Waals surface area (Å²) in [5, 5.41) is 0.316. The fourth-order valence-corrected chi connectivity index (χ4v) is 1.00. The predicted octanol–water partition coefficient (Wildman–Crippen LogP) is 3.28. The number of hydrogen-bond donors (Lipinski definition) is 0. The summed E-state index contributed by atoms with van der Waals surface area (Å²) in [6.45, 7) is 0. The topological polar surface area (TPSA) is 12.9 Å². The lowest BCUT2D eigenvalue weighted by atomic mass is 10.4. The van der Waals surface area contributed by atoms with E-state index >= 15 is 0 Å². The highest BCUT2D eigenvalue weighted by molar-refractivity contribution is 14.1. The lowest BCUT2D eigenvalue weighted by Gasteiger charge is -1.99. The van der Waals surface area contributed by atoms with E-state index in [0.29, 0.717) is 8.59 Å². The molecule has 0 aliphatic rings. The first-order valence-electron chi connectivity index (χ1n) is 2.70. The molecule has 0 saturated carbocycles. The van der Waals surface area contributed by atoms with Gasteiger partial charge in [-0.1, -0.05) is 11.6 Å². The van der Waals surface area contributed by atoms with Crippen LogP contribution in [0.25, 0.3) is 0 Å². The van der Waals surface area contributed by atoms with Crippen molar-refractivity contribution < 1.29 is 8.78 Å². The molecule has 1 aromatic rings. The van der Waals surface area contributed by atoms with E-state index in [1.807, 2.05) is 22.6 Å². The van der Waals surface area contributed by atoms with Crippen molar-refractivity contribution in [1.29, 1.82) is 0 Å². The van der Waals surface area contributed by atoms with E-state index in [-0.39, 0.29) is 5.69 Å². The second-order valence-electron chi connectivity index (χ2n) is 1.82. The van der Waals surface area contributed by atoms with Gasteiger partial charge in [-0.2, -0.15) is 0 Å². The third-order valence-corrected chi connectivity index (χ3v) is 2.54. The molecule has 0 atom stereocenters. The zero-order valence-electron chi connectivity index (χ0n) is 5.19. The van der Waals surface area contributed by atoms with Crippen LogP contribution in [-0.2, 0) is 0 Å². The van der Waals surface area contributed by atoms with Crippen molar-refractivity contribution in [2.45, 2.75) is 6.43 Å². The molecule has 1 aromatic heterocycles. The van der Waals surface area contributed by atoms with Crippen LogP contribution < -0.4 is 0 Å². The number of halogens is 4. The van der Waals surface area contributed by atoms with Crippen LogP contribution >= 0.6 is 34.2 Å². The van der Waals surface area contributed by atoms with Crippen LogP contribution in [0.15, 0.2) is 12.3 Å². The van der Waals surface area contributed by atoms with Gasteiger partial charge in [-0.05, 0) is 28.7 Å². The first kappa shape index (κ1) is 9.12. The number of nitrogens with zero attached hydrogens (tertiary/aromatic N) is 1. The van der Waals surface area contributed by atoms with Crippen LogP contribution in [0.3, 0.4) is 0 Å². The van der Waals surface area contributed by atoms with E-state index in [0.717, 1.165) is 0 Å². The molecule has 1 rings (SSSR count). The molecule has 0 aliphatic carbocycles. The molecule has 0 spiro atoms. The summed E-state index contributed by atoms with van der Waals surface area (Å²) in [5.41, 5.74) is -0.282. The maximum atomic E-state index is 12.0. The molecule has 1 nitrogen and oxygen atoms in total. The summed E-state index contributed by atoms with van der Waals surface area (Å²) in [7, 11) is 0. The van der Waals surface area contributed by atoms with Gasteiger partial charge < -0.3 is 0 Å². The van der Waals surface area contributed by atoms with E-state index in [1.54, 1.807) is 0 Å². The Labute approximate surface area is 80.9 Å². The van der Waals surface area contributed by atoms with Gasteiger partial charge in [0.25, 0.3) is 6.43 Å². The van der Waals surface area contributed by atoms with Gasteiger partial charge in [0.05, 0.1) is 5.02 Å². The fourth-order valence-electron chi connectivity index (χ4n) is 0.548. The average Bonchev–Trinajstić information content (AvgIpc) is 1.94. The van der Waals surface area contributed by atoms with E-state index in [1.165, 1.54) is 12.3 Å². The van der Waals surface area contributed by atoms with Gasteiger partial charge in [0.15, 0.2) is 0 Å². The Balaban J connectivity index is 3.05. The van der Waals surface area contributed by atoms with Gasteiger partial charge in [-0.25, -0.2) is 8.78 Å². The Morgan fingerprint density at radius 3 is 2.64 bits per heavy atom. The standard InChI is InChI=1S/C6H3ClF2IN/c7-3-1-5(6(8)9)11-2-4(3)10/h1-2,6H. The summed E-state index contributed by atoms with van der Waals surface area (Å²) in [6, 6.07) is 1.17. The Kier molecular flexibility index (Phi) is 3.00. The molecule has 5 heteroatoms. The molecule has 1 heterocycles. The number of rotatable bonds is 1. The third-order valence-electron chi connectivity index (χ3n) is 1.05. The molecule has 0 bridgehead atoms. The monoisotopic (exact) mass is 289 g/mol. The fraction of sp³-hybridized carbons (Fsp3) is 0.167. The summed E-state index contributed by atoms with van der Waals surface area (Å²) in [5.74, 6) is 0. The first-order chi connectivity index (χ1) is 5.11. The molecular weight excluding hydrogens is 286 g/mol. The van der Waals surface area contributed by atoms with Crippen LogP contribution in [0, 0.1) is 3.57 Å². The van der Waals surface area contributed by atoms with Crippen LogP contribution in [0.4, 0.5) is 8.78 Å². The number of alkyl halides is 2. The quantitative estimate of drug-likeness (QED) is 0.723. The maximum absolute atomic E-state index is 12.0. The summed E-state index contributed by atoms with van der Waals surface area (Å²) in [6.07, 6.45) is -1.23. The lowest BCUT2D eigenvalue weighted by Crippen LogP contribution is -1.90. The molecule has 0 N–H and O–H groups in total. The molecule has 0 fully saturated rings. The molecule has 0 aromatic carbocycles. The average molecular weight is 289 g/mol. The van der Waals surface area contributed by atoms with Crippen molar-refractivity contribution in [3.05, 3.63) is 26.5 Å². The van der Waals surface area contributed by atoms with Gasteiger partial charge in [-0.15, -0.1) is 0 Å². The minimum Gasteiger partial charge on any atom is -0.254 e. The zero-order chi connectivity index (χ0) is 8.43. The first-order valence-corrected chi connectivity index (χ1v) is 4.16. The van der Waals surface area contributed by atoms with E-state index in [4.69, 9.17) is 11.6 Å². The summed E-state index contributed by atoms with van der Waals surface area (Å²) < 4.78 is 24.6. The second kappa shape index (κ2) is 3.62. The van der Waals surface area contributed by atoms with Gasteiger partial charge in [0.1, 0.15) is 5.69 Å². The smallest absolute Gasteiger partial charge is 0.254 e. The van der Waals surface area contributed by atoms with Crippen LogP contribution in [0.2, 0.25) is 5.02 Å². The molecule has 0 radical (unpaired) electrons. The van der Waals surface area contributed by atoms with Crippen LogP contribution in [0.1, 0.15) is 12.1 Å². The maximum Gasteiger partial charge on any atom is 0.280 e. The molecule has 60 valence electrons. The van der Waals surface area contributed by atoms with Crippen molar-refractivity contribution in [2.75, 3.05) is 0 Å². The summed E-state index contributed by atoms with van der Waals surface area (Å²) in [4.78, 5) is 3.50. The Morgan fingerprint density at radius 1 is 1.55 bits per heavy atom. The SMILES string of the molecule is FC(F)c1cc(Cl)c(I)cn1. The van der Waals surface area contributed by atoms with Crippen molar-refractivity contribution in [2.24, 2.45) is 0 Å². The molecular formula is C6H3ClF2IN. The largest absolute Gasteiger partial charge is 0.280 e. The zero-order valence-corrected chi connectivity index (χ0v) is 8.10. The minimum absolute atomic E-state index is 0.282. The number of aromatic nitrogens is 1. The Bertz CT molecular complexity index is 267. The van der Waals surface area contributed by atoms with Crippen LogP contribution in [0.5, 0.6) is 0 Å². The van der Waals surface area contributed by atoms with Crippen molar-refractivity contribution in [3.63, 3.8) is 0 Å².